The predicted molar refractivity (Wildman–Crippen MR) is 204 cm³/mol. The van der Waals surface area contributed by atoms with Gasteiger partial charge in [0, 0.05) is 67.7 Å². The Hall–Kier alpha value is -4.28. The molecule has 3 aliphatic rings. The van der Waals surface area contributed by atoms with Crippen LogP contribution in [-0.2, 0) is 33.0 Å². The summed E-state index contributed by atoms with van der Waals surface area (Å²) >= 11 is 0. The maximum atomic E-state index is 14.9. The van der Waals surface area contributed by atoms with Crippen LogP contribution in [0.2, 0.25) is 0 Å². The smallest absolute Gasteiger partial charge is 0.247 e. The predicted octanol–water partition coefficient (Wildman–Crippen LogP) is 7.52. The topological polar surface area (TPSA) is 87.5 Å². The van der Waals surface area contributed by atoms with Gasteiger partial charge in [-0.05, 0) is 117 Å². The Morgan fingerprint density at radius 2 is 1.67 bits per heavy atom. The Balaban J connectivity index is 0.986. The standard InChI is InChI=1S/C42H50FN5O3S/c1-3-40-44-21-24-47(40)30-42(32-9-5-6-10-32,34-11-7-12-35(43)25-34)33-19-22-46(23-20-33)27-31-28-48(29-31)37-15-17-38(18-16-37)52(50,51)39-14-8-13-36(26-39)45-41(49)4-2/h4,7-8,11-18,21,24-26,31-33H,2-3,5-6,9-10,19-20,22-23,27-30H2,1H3,(H,45,49)/t42-/m1/s1. The number of hydrogen-bond donors (Lipinski definition) is 1. The van der Waals surface area contributed by atoms with Crippen LogP contribution in [0.4, 0.5) is 15.8 Å². The number of nitrogens with zero attached hydrogens (tertiary/aromatic N) is 4. The van der Waals surface area contributed by atoms with Gasteiger partial charge in [0.2, 0.25) is 15.7 Å². The fraction of sp³-hybridized carbons (Fsp3) is 0.429. The molecule has 3 aromatic carbocycles. The van der Waals surface area contributed by atoms with Crippen molar-refractivity contribution in [1.29, 1.82) is 0 Å². The van der Waals surface area contributed by atoms with Crippen LogP contribution in [-0.4, -0.2) is 61.5 Å². The van der Waals surface area contributed by atoms with Gasteiger partial charge in [-0.15, -0.1) is 0 Å². The highest BCUT2D eigenvalue weighted by atomic mass is 32.2. The number of rotatable bonds is 13. The number of carbonyl (C=O) groups excluding carboxylic acids is 1. The van der Waals surface area contributed by atoms with Gasteiger partial charge in [0.05, 0.1) is 9.79 Å². The number of piperidine rings is 1. The van der Waals surface area contributed by atoms with Crippen molar-refractivity contribution < 1.29 is 17.6 Å². The molecule has 10 heteroatoms. The lowest BCUT2D eigenvalue weighted by Crippen LogP contribution is -2.54. The zero-order valence-electron chi connectivity index (χ0n) is 30.1. The van der Waals surface area contributed by atoms with E-state index in [9.17, 15) is 17.6 Å². The van der Waals surface area contributed by atoms with Gasteiger partial charge < -0.3 is 19.7 Å². The van der Waals surface area contributed by atoms with Gasteiger partial charge in [-0.3, -0.25) is 4.79 Å². The fourth-order valence-corrected chi connectivity index (χ4v) is 10.6. The Morgan fingerprint density at radius 3 is 2.37 bits per heavy atom. The van der Waals surface area contributed by atoms with Gasteiger partial charge in [-0.2, -0.15) is 0 Å². The molecule has 1 amide bonds. The SMILES string of the molecule is C=CC(=O)Nc1cccc(S(=O)(=O)c2ccc(N3CC(CN4CCC([C@](Cn5ccnc5CC)(c5cccc(F)c5)C5CCCC5)CC4)C3)cc2)c1. The van der Waals surface area contributed by atoms with Crippen LogP contribution in [0.3, 0.4) is 0 Å². The van der Waals surface area contributed by atoms with Crippen molar-refractivity contribution in [3.8, 4) is 0 Å². The van der Waals surface area contributed by atoms with Gasteiger partial charge in [0.25, 0.3) is 0 Å². The molecular weight excluding hydrogens is 674 g/mol. The number of amides is 1. The van der Waals surface area contributed by atoms with E-state index in [4.69, 9.17) is 0 Å². The third kappa shape index (κ3) is 7.33. The molecule has 1 aromatic heterocycles. The molecule has 1 atom stereocenters. The summed E-state index contributed by atoms with van der Waals surface area (Å²) in [5.74, 6) is 2.09. The summed E-state index contributed by atoms with van der Waals surface area (Å²) < 4.78 is 44.0. The highest BCUT2D eigenvalue weighted by Crippen LogP contribution is 2.51. The molecule has 0 radical (unpaired) electrons. The van der Waals surface area contributed by atoms with Gasteiger partial charge in [-0.1, -0.05) is 44.5 Å². The summed E-state index contributed by atoms with van der Waals surface area (Å²) in [7, 11) is -3.75. The van der Waals surface area contributed by atoms with Crippen LogP contribution in [0.25, 0.3) is 0 Å². The van der Waals surface area contributed by atoms with Crippen LogP contribution in [0.1, 0.15) is 56.8 Å². The number of sulfone groups is 1. The fourth-order valence-electron chi connectivity index (χ4n) is 9.25. The van der Waals surface area contributed by atoms with Crippen LogP contribution in [0.5, 0.6) is 0 Å². The first-order valence-corrected chi connectivity index (χ1v) is 20.3. The molecule has 2 saturated heterocycles. The monoisotopic (exact) mass is 723 g/mol. The quantitative estimate of drug-likeness (QED) is 0.144. The van der Waals surface area contributed by atoms with Crippen LogP contribution >= 0.6 is 0 Å². The first kappa shape index (κ1) is 36.1. The number of hydrogen-bond acceptors (Lipinski definition) is 6. The number of nitrogens with one attached hydrogen (secondary N) is 1. The number of likely N-dealkylation sites (tertiary alicyclic amines) is 1. The Labute approximate surface area is 307 Å². The van der Waals surface area contributed by atoms with Crippen LogP contribution < -0.4 is 10.2 Å². The lowest BCUT2D eigenvalue weighted by atomic mass is 9.59. The van der Waals surface area contributed by atoms with Gasteiger partial charge in [-0.25, -0.2) is 17.8 Å². The summed E-state index contributed by atoms with van der Waals surface area (Å²) in [5.41, 5.74) is 2.45. The molecule has 1 N–H and O–H groups in total. The highest BCUT2D eigenvalue weighted by Gasteiger charge is 2.49. The van der Waals surface area contributed by atoms with E-state index in [1.165, 1.54) is 37.8 Å². The second kappa shape index (κ2) is 15.4. The van der Waals surface area contributed by atoms with E-state index in [1.54, 1.807) is 30.3 Å². The van der Waals surface area contributed by atoms with Crippen molar-refractivity contribution in [3.05, 3.63) is 115 Å². The van der Waals surface area contributed by atoms with E-state index in [0.29, 0.717) is 23.4 Å². The number of aromatic nitrogens is 2. The van der Waals surface area contributed by atoms with Crippen LogP contribution in [0, 0.1) is 23.6 Å². The maximum Gasteiger partial charge on any atom is 0.247 e. The van der Waals surface area contributed by atoms with Crippen molar-refractivity contribution in [2.24, 2.45) is 17.8 Å². The van der Waals surface area contributed by atoms with Gasteiger partial charge >= 0.3 is 0 Å². The number of imidazole rings is 1. The largest absolute Gasteiger partial charge is 0.371 e. The zero-order chi connectivity index (χ0) is 36.3. The molecule has 2 aliphatic heterocycles. The summed E-state index contributed by atoms with van der Waals surface area (Å²) in [6, 6.07) is 20.9. The zero-order valence-corrected chi connectivity index (χ0v) is 30.9. The molecule has 1 aliphatic carbocycles. The summed E-state index contributed by atoms with van der Waals surface area (Å²) in [5, 5.41) is 2.62. The second-order valence-corrected chi connectivity index (χ2v) is 16.9. The number of carbonyl (C=O) groups is 1. The molecular formula is C42H50FN5O3S. The molecule has 3 fully saturated rings. The third-order valence-corrected chi connectivity index (χ3v) is 13.7. The minimum Gasteiger partial charge on any atom is -0.371 e. The van der Waals surface area contributed by atoms with Crippen molar-refractivity contribution in [2.75, 3.05) is 42.9 Å². The lowest BCUT2D eigenvalue weighted by molar-refractivity contribution is -0.111. The molecule has 4 aromatic rings. The molecule has 1 saturated carbocycles. The Bertz CT molecular complexity index is 1980. The molecule has 7 rings (SSSR count). The maximum absolute atomic E-state index is 14.9. The first-order chi connectivity index (χ1) is 25.2. The highest BCUT2D eigenvalue weighted by molar-refractivity contribution is 7.91. The van der Waals surface area contributed by atoms with E-state index >= 15 is 0 Å². The first-order valence-electron chi connectivity index (χ1n) is 18.8. The van der Waals surface area contributed by atoms with E-state index in [-0.39, 0.29) is 21.0 Å². The van der Waals surface area contributed by atoms with E-state index < -0.39 is 15.7 Å². The summed E-state index contributed by atoms with van der Waals surface area (Å²) in [4.78, 5) is 21.6. The van der Waals surface area contributed by atoms with Gasteiger partial charge in [0.15, 0.2) is 0 Å². The second-order valence-electron chi connectivity index (χ2n) is 14.9. The molecule has 0 unspecified atom stereocenters. The number of aryl methyl sites for hydroxylation is 1. The lowest BCUT2D eigenvalue weighted by Gasteiger charge is -2.50. The van der Waals surface area contributed by atoms with E-state index in [0.717, 1.165) is 81.7 Å². The summed E-state index contributed by atoms with van der Waals surface area (Å²) in [6.07, 6.45) is 13.1. The van der Waals surface area contributed by atoms with E-state index in [2.05, 4.69) is 50.4 Å². The Kier molecular flexibility index (Phi) is 10.7. The Morgan fingerprint density at radius 1 is 0.962 bits per heavy atom. The minimum absolute atomic E-state index is 0.124. The molecule has 274 valence electrons. The molecule has 0 bridgehead atoms. The van der Waals surface area contributed by atoms with Crippen molar-refractivity contribution in [1.82, 2.24) is 14.5 Å². The minimum atomic E-state index is -3.75. The molecule has 0 spiro atoms. The normalized spacial score (nSPS) is 18.9. The van der Waals surface area contributed by atoms with Crippen molar-refractivity contribution >= 4 is 27.1 Å². The van der Waals surface area contributed by atoms with Crippen molar-refractivity contribution in [3.63, 3.8) is 0 Å². The number of benzene rings is 3. The molecule has 52 heavy (non-hydrogen) atoms. The van der Waals surface area contributed by atoms with Crippen molar-refractivity contribution in [2.45, 2.75) is 73.6 Å². The summed E-state index contributed by atoms with van der Waals surface area (Å²) in [6.45, 7) is 11.5. The number of halogens is 1. The average Bonchev–Trinajstić information content (AvgIpc) is 3.85. The average molecular weight is 724 g/mol. The molecule has 3 heterocycles. The number of anilines is 2. The van der Waals surface area contributed by atoms with Crippen LogP contribution in [0.15, 0.2) is 108 Å². The van der Waals surface area contributed by atoms with Gasteiger partial charge in [0.1, 0.15) is 11.6 Å². The molecule has 8 nitrogen and oxygen atoms in total. The third-order valence-electron chi connectivity index (χ3n) is 11.9. The van der Waals surface area contributed by atoms with E-state index in [1.807, 2.05) is 30.5 Å².